The second-order valence-corrected chi connectivity index (χ2v) is 9.54. The molecule has 0 bridgehead atoms. The molecule has 0 saturated carbocycles. The Hall–Kier alpha value is -5.18. The number of likely N-dealkylation sites (N-methyl/N-ethyl adjacent to an activating group) is 1. The summed E-state index contributed by atoms with van der Waals surface area (Å²) in [4.78, 5) is 44.3. The van der Waals surface area contributed by atoms with Crippen LogP contribution in [0.4, 0.5) is 10.6 Å². The first kappa shape index (κ1) is 28.8. The number of amides is 3. The maximum absolute atomic E-state index is 13.9. The fourth-order valence-corrected chi connectivity index (χ4v) is 4.55. The van der Waals surface area contributed by atoms with Gasteiger partial charge in [0, 0.05) is 26.2 Å². The molecule has 41 heavy (non-hydrogen) atoms. The van der Waals surface area contributed by atoms with Crippen LogP contribution in [0.15, 0.2) is 103 Å². The highest BCUT2D eigenvalue weighted by molar-refractivity contribution is 5.92. The molecule has 210 valence electrons. The molecule has 0 aliphatic rings. The molecule has 0 fully saturated rings. The van der Waals surface area contributed by atoms with Crippen LogP contribution < -0.4 is 15.4 Å². The third-order valence-electron chi connectivity index (χ3n) is 6.60. The smallest absolute Gasteiger partial charge is 0.410 e. The molecule has 1 atom stereocenters. The van der Waals surface area contributed by atoms with Gasteiger partial charge >= 0.3 is 6.09 Å². The Bertz CT molecular complexity index is 1410. The quantitative estimate of drug-likeness (QED) is 0.248. The molecule has 3 N–H and O–H groups in total. The van der Waals surface area contributed by atoms with Crippen LogP contribution in [-0.2, 0) is 22.6 Å². The van der Waals surface area contributed by atoms with Gasteiger partial charge in [-0.2, -0.15) is 0 Å². The molecule has 0 saturated heterocycles. The Morgan fingerprint density at radius 3 is 1.95 bits per heavy atom. The number of hydrogen-bond donors (Lipinski definition) is 3. The number of nitrogens with one attached hydrogen (secondary N) is 2. The molecule has 9 heteroatoms. The highest BCUT2D eigenvalue weighted by atomic mass is 16.5. The molecule has 0 radical (unpaired) electrons. The van der Waals surface area contributed by atoms with Crippen molar-refractivity contribution in [2.75, 3.05) is 19.5 Å². The summed E-state index contributed by atoms with van der Waals surface area (Å²) in [5, 5.41) is 14.2. The Morgan fingerprint density at radius 1 is 0.854 bits per heavy atom. The van der Waals surface area contributed by atoms with E-state index in [0.717, 1.165) is 16.7 Å². The average molecular weight is 553 g/mol. The van der Waals surface area contributed by atoms with Crippen LogP contribution in [0.2, 0.25) is 0 Å². The van der Waals surface area contributed by atoms with E-state index in [1.165, 1.54) is 12.3 Å². The molecule has 3 amide bonds. The standard InChI is InChI=1S/C32H32N4O5/c1-36(21-22-13-16-26(41-2)17-14-22)31(38)27(19-23-15-18-28(33-20-23)35-32(39)40)34-30(37)29(24-9-5-3-6-10-24)25-11-7-4-8-12-25/h3-18,20,27,29H,19,21H2,1-2H3,(H,33,35)(H,34,37)(H,39,40). The average Bonchev–Trinajstić information content (AvgIpc) is 2.98. The number of carbonyl (C=O) groups excluding carboxylic acids is 2. The number of anilines is 1. The number of aromatic nitrogens is 1. The molecule has 4 aromatic rings. The Labute approximate surface area is 238 Å². The third kappa shape index (κ3) is 7.92. The zero-order chi connectivity index (χ0) is 29.2. The van der Waals surface area contributed by atoms with Gasteiger partial charge in [0.1, 0.15) is 17.6 Å². The lowest BCUT2D eigenvalue weighted by Gasteiger charge is -2.27. The Kier molecular flexibility index (Phi) is 9.66. The number of rotatable bonds is 11. The monoisotopic (exact) mass is 552 g/mol. The minimum absolute atomic E-state index is 0.161. The normalized spacial score (nSPS) is 11.4. The van der Waals surface area contributed by atoms with Gasteiger partial charge in [0.15, 0.2) is 0 Å². The van der Waals surface area contributed by atoms with Gasteiger partial charge in [-0.15, -0.1) is 0 Å². The van der Waals surface area contributed by atoms with Crippen molar-refractivity contribution in [1.29, 1.82) is 0 Å². The molecule has 4 rings (SSSR count). The van der Waals surface area contributed by atoms with Crippen molar-refractivity contribution >= 4 is 23.7 Å². The molecule has 3 aromatic carbocycles. The van der Waals surface area contributed by atoms with Gasteiger partial charge in [0.2, 0.25) is 11.8 Å². The molecule has 1 unspecified atom stereocenters. The van der Waals surface area contributed by atoms with Gasteiger partial charge in [-0.25, -0.2) is 9.78 Å². The topological polar surface area (TPSA) is 121 Å². The maximum Gasteiger partial charge on any atom is 0.410 e. The number of benzene rings is 3. The molecular formula is C32H32N4O5. The number of carboxylic acid groups (broad SMARTS) is 1. The lowest BCUT2D eigenvalue weighted by Crippen LogP contribution is -2.49. The van der Waals surface area contributed by atoms with Crippen LogP contribution >= 0.6 is 0 Å². The third-order valence-corrected chi connectivity index (χ3v) is 6.60. The van der Waals surface area contributed by atoms with Crippen molar-refractivity contribution in [2.24, 2.45) is 0 Å². The van der Waals surface area contributed by atoms with E-state index in [1.54, 1.807) is 25.1 Å². The van der Waals surface area contributed by atoms with E-state index >= 15 is 0 Å². The fourth-order valence-electron chi connectivity index (χ4n) is 4.55. The zero-order valence-electron chi connectivity index (χ0n) is 22.9. The van der Waals surface area contributed by atoms with E-state index < -0.39 is 18.1 Å². The van der Waals surface area contributed by atoms with Gasteiger partial charge in [-0.1, -0.05) is 78.9 Å². The Morgan fingerprint density at radius 2 is 1.44 bits per heavy atom. The number of ether oxygens (including phenoxy) is 1. The van der Waals surface area contributed by atoms with Crippen molar-refractivity contribution in [3.05, 3.63) is 126 Å². The number of nitrogens with zero attached hydrogens (tertiary/aromatic N) is 2. The lowest BCUT2D eigenvalue weighted by atomic mass is 9.90. The van der Waals surface area contributed by atoms with Crippen LogP contribution in [0, 0.1) is 0 Å². The van der Waals surface area contributed by atoms with E-state index in [2.05, 4.69) is 15.6 Å². The highest BCUT2D eigenvalue weighted by Gasteiger charge is 2.30. The van der Waals surface area contributed by atoms with Crippen LogP contribution in [0.5, 0.6) is 5.75 Å². The van der Waals surface area contributed by atoms with E-state index in [9.17, 15) is 14.4 Å². The SMILES string of the molecule is COc1ccc(CN(C)C(=O)C(Cc2ccc(NC(=O)O)nc2)NC(=O)C(c2ccccc2)c2ccccc2)cc1. The summed E-state index contributed by atoms with van der Waals surface area (Å²) in [6, 6.07) is 28.6. The van der Waals surface area contributed by atoms with Crippen molar-refractivity contribution < 1.29 is 24.2 Å². The van der Waals surface area contributed by atoms with Crippen molar-refractivity contribution in [1.82, 2.24) is 15.2 Å². The number of carbonyl (C=O) groups is 3. The van der Waals surface area contributed by atoms with Gasteiger partial charge in [-0.3, -0.25) is 14.9 Å². The molecule has 1 heterocycles. The van der Waals surface area contributed by atoms with Gasteiger partial charge in [0.25, 0.3) is 0 Å². The maximum atomic E-state index is 13.9. The number of hydrogen-bond acceptors (Lipinski definition) is 5. The molecule has 1 aromatic heterocycles. The Balaban J connectivity index is 1.60. The highest BCUT2D eigenvalue weighted by Crippen LogP contribution is 2.25. The number of methoxy groups -OCH3 is 1. The van der Waals surface area contributed by atoms with Crippen molar-refractivity contribution in [3.8, 4) is 5.75 Å². The summed E-state index contributed by atoms with van der Waals surface area (Å²) >= 11 is 0. The largest absolute Gasteiger partial charge is 0.497 e. The molecule has 0 aliphatic heterocycles. The minimum atomic E-state index is -1.22. The van der Waals surface area contributed by atoms with Crippen LogP contribution in [0.3, 0.4) is 0 Å². The number of pyridine rings is 1. The van der Waals surface area contributed by atoms with Crippen molar-refractivity contribution in [3.63, 3.8) is 0 Å². The minimum Gasteiger partial charge on any atom is -0.497 e. The van der Waals surface area contributed by atoms with Crippen molar-refractivity contribution in [2.45, 2.75) is 24.9 Å². The first-order chi connectivity index (χ1) is 19.8. The van der Waals surface area contributed by atoms with Gasteiger partial charge in [0.05, 0.1) is 13.0 Å². The van der Waals surface area contributed by atoms with Crippen LogP contribution in [0.1, 0.15) is 28.2 Å². The molecular weight excluding hydrogens is 520 g/mol. The van der Waals surface area contributed by atoms with Gasteiger partial charge < -0.3 is 20.1 Å². The van der Waals surface area contributed by atoms with E-state index in [0.29, 0.717) is 17.9 Å². The summed E-state index contributed by atoms with van der Waals surface area (Å²) in [5.41, 5.74) is 3.18. The molecule has 9 nitrogen and oxygen atoms in total. The van der Waals surface area contributed by atoms with E-state index in [-0.39, 0.29) is 24.1 Å². The van der Waals surface area contributed by atoms with E-state index in [4.69, 9.17) is 9.84 Å². The van der Waals surface area contributed by atoms with E-state index in [1.807, 2.05) is 84.9 Å². The summed E-state index contributed by atoms with van der Waals surface area (Å²) < 4.78 is 5.22. The first-order valence-corrected chi connectivity index (χ1v) is 13.1. The molecule has 0 aliphatic carbocycles. The summed E-state index contributed by atoms with van der Waals surface area (Å²) in [5.74, 6) is -0.329. The summed E-state index contributed by atoms with van der Waals surface area (Å²) in [6.45, 7) is 0.329. The van der Waals surface area contributed by atoms with Crippen LogP contribution in [-0.4, -0.2) is 53.1 Å². The second-order valence-electron chi connectivity index (χ2n) is 9.54. The van der Waals surface area contributed by atoms with Gasteiger partial charge in [-0.05, 0) is 40.5 Å². The fraction of sp³-hybridized carbons (Fsp3) is 0.188. The molecule has 0 spiro atoms. The second kappa shape index (κ2) is 13.7. The predicted octanol–water partition coefficient (Wildman–Crippen LogP) is 4.70. The predicted molar refractivity (Wildman–Crippen MR) is 156 cm³/mol. The zero-order valence-corrected chi connectivity index (χ0v) is 22.9. The summed E-state index contributed by atoms with van der Waals surface area (Å²) in [6.07, 6.45) is 0.430. The summed E-state index contributed by atoms with van der Waals surface area (Å²) in [7, 11) is 3.28. The van der Waals surface area contributed by atoms with Crippen LogP contribution in [0.25, 0.3) is 0 Å². The first-order valence-electron chi connectivity index (χ1n) is 13.1. The lowest BCUT2D eigenvalue weighted by molar-refractivity contribution is -0.136.